The van der Waals surface area contributed by atoms with Gasteiger partial charge in [0.25, 0.3) is 5.56 Å². The third kappa shape index (κ3) is 2.57. The van der Waals surface area contributed by atoms with Crippen LogP contribution in [0, 0.1) is 18.3 Å². The molecule has 1 aromatic rings. The molecule has 1 fully saturated rings. The molecular weight excluding hydrogens is 280 g/mol. The van der Waals surface area contributed by atoms with Crippen molar-refractivity contribution in [2.24, 2.45) is 0 Å². The highest BCUT2D eigenvalue weighted by Crippen LogP contribution is 2.28. The number of aliphatic hydroxyl groups excluding tert-OH is 4. The lowest BCUT2D eigenvalue weighted by Crippen LogP contribution is -2.57. The van der Waals surface area contributed by atoms with E-state index in [0.29, 0.717) is 5.69 Å². The maximum absolute atomic E-state index is 12.2. The SMILES string of the molecule is Cc1ccc(C#N)c(=O)n1[C@@H]1O[C@H](CO)[C@@H](O)[C@H](O)[C@H]1O. The molecule has 21 heavy (non-hydrogen) atoms. The van der Waals surface area contributed by atoms with Gasteiger partial charge in [0.2, 0.25) is 0 Å². The first-order chi connectivity index (χ1) is 9.92. The summed E-state index contributed by atoms with van der Waals surface area (Å²) >= 11 is 0. The highest BCUT2D eigenvalue weighted by atomic mass is 16.6. The van der Waals surface area contributed by atoms with E-state index in [4.69, 9.17) is 15.1 Å². The summed E-state index contributed by atoms with van der Waals surface area (Å²) in [6.45, 7) is 0.983. The highest BCUT2D eigenvalue weighted by Gasteiger charge is 2.44. The Morgan fingerprint density at radius 3 is 2.52 bits per heavy atom. The predicted octanol–water partition coefficient (Wildman–Crippen LogP) is -2.00. The fourth-order valence-corrected chi connectivity index (χ4v) is 2.34. The molecule has 0 aliphatic carbocycles. The van der Waals surface area contributed by atoms with E-state index in [-0.39, 0.29) is 5.56 Å². The van der Waals surface area contributed by atoms with Gasteiger partial charge in [0, 0.05) is 5.69 Å². The van der Waals surface area contributed by atoms with Crippen molar-refractivity contribution >= 4 is 0 Å². The number of hydrogen-bond donors (Lipinski definition) is 4. The van der Waals surface area contributed by atoms with Crippen LogP contribution in [0.3, 0.4) is 0 Å². The minimum Gasteiger partial charge on any atom is -0.394 e. The van der Waals surface area contributed by atoms with Crippen LogP contribution in [-0.2, 0) is 4.74 Å². The van der Waals surface area contributed by atoms with Crippen molar-refractivity contribution in [3.05, 3.63) is 33.7 Å². The van der Waals surface area contributed by atoms with Crippen molar-refractivity contribution in [1.29, 1.82) is 5.26 Å². The van der Waals surface area contributed by atoms with E-state index in [1.54, 1.807) is 13.0 Å². The fraction of sp³-hybridized carbons (Fsp3) is 0.538. The molecule has 2 heterocycles. The second kappa shape index (κ2) is 5.93. The zero-order valence-corrected chi connectivity index (χ0v) is 11.2. The minimum atomic E-state index is -1.59. The van der Waals surface area contributed by atoms with Gasteiger partial charge in [-0.15, -0.1) is 0 Å². The Morgan fingerprint density at radius 1 is 1.29 bits per heavy atom. The van der Waals surface area contributed by atoms with Gasteiger partial charge in [0.1, 0.15) is 36.0 Å². The Morgan fingerprint density at radius 2 is 1.95 bits per heavy atom. The van der Waals surface area contributed by atoms with Crippen LogP contribution in [0.2, 0.25) is 0 Å². The molecule has 8 heteroatoms. The van der Waals surface area contributed by atoms with Crippen LogP contribution >= 0.6 is 0 Å². The molecule has 0 radical (unpaired) electrons. The molecule has 5 atom stereocenters. The van der Waals surface area contributed by atoms with Crippen molar-refractivity contribution in [3.8, 4) is 6.07 Å². The zero-order chi connectivity index (χ0) is 15.7. The van der Waals surface area contributed by atoms with Crippen molar-refractivity contribution < 1.29 is 25.2 Å². The summed E-state index contributed by atoms with van der Waals surface area (Å²) in [5.74, 6) is 0. The van der Waals surface area contributed by atoms with Gasteiger partial charge in [-0.05, 0) is 19.1 Å². The number of aliphatic hydroxyl groups is 4. The number of nitrogens with zero attached hydrogens (tertiary/aromatic N) is 2. The molecule has 4 N–H and O–H groups in total. The Labute approximate surface area is 120 Å². The summed E-state index contributed by atoms with van der Waals surface area (Å²) in [6, 6.07) is 4.58. The van der Waals surface area contributed by atoms with E-state index in [9.17, 15) is 20.1 Å². The summed E-state index contributed by atoms with van der Waals surface area (Å²) in [6.07, 6.45) is -7.09. The molecule has 8 nitrogen and oxygen atoms in total. The number of aryl methyl sites for hydroxylation is 1. The smallest absolute Gasteiger partial charge is 0.270 e. The van der Waals surface area contributed by atoms with Gasteiger partial charge >= 0.3 is 0 Å². The van der Waals surface area contributed by atoms with E-state index in [1.165, 1.54) is 12.1 Å². The molecule has 1 aliphatic heterocycles. The quantitative estimate of drug-likeness (QED) is 0.495. The average molecular weight is 296 g/mol. The molecule has 2 rings (SSSR count). The number of hydrogen-bond acceptors (Lipinski definition) is 7. The number of aromatic nitrogens is 1. The second-order valence-electron chi connectivity index (χ2n) is 4.89. The van der Waals surface area contributed by atoms with Crippen LogP contribution in [0.5, 0.6) is 0 Å². The first kappa shape index (κ1) is 15.6. The van der Waals surface area contributed by atoms with E-state index in [2.05, 4.69) is 0 Å². The lowest BCUT2D eigenvalue weighted by atomic mass is 9.98. The molecular formula is C13H16N2O6. The van der Waals surface area contributed by atoms with Gasteiger partial charge in [-0.2, -0.15) is 5.26 Å². The zero-order valence-electron chi connectivity index (χ0n) is 11.2. The van der Waals surface area contributed by atoms with Crippen LogP contribution in [0.15, 0.2) is 16.9 Å². The number of rotatable bonds is 2. The minimum absolute atomic E-state index is 0.141. The molecule has 0 bridgehead atoms. The topological polar surface area (TPSA) is 136 Å². The van der Waals surface area contributed by atoms with Crippen LogP contribution in [0.1, 0.15) is 17.5 Å². The first-order valence-electron chi connectivity index (χ1n) is 6.35. The molecule has 1 aliphatic rings. The van der Waals surface area contributed by atoms with Crippen LogP contribution in [0.4, 0.5) is 0 Å². The maximum atomic E-state index is 12.2. The largest absolute Gasteiger partial charge is 0.394 e. The van der Waals surface area contributed by atoms with E-state index < -0.39 is 42.8 Å². The molecule has 0 unspecified atom stereocenters. The van der Waals surface area contributed by atoms with Crippen molar-refractivity contribution in [2.45, 2.75) is 37.6 Å². The summed E-state index contributed by atoms with van der Waals surface area (Å²) in [4.78, 5) is 12.2. The first-order valence-corrected chi connectivity index (χ1v) is 6.35. The van der Waals surface area contributed by atoms with Crippen LogP contribution < -0.4 is 5.56 Å². The Kier molecular flexibility index (Phi) is 4.41. The maximum Gasteiger partial charge on any atom is 0.270 e. The molecule has 0 aromatic carbocycles. The van der Waals surface area contributed by atoms with E-state index in [0.717, 1.165) is 4.57 Å². The van der Waals surface area contributed by atoms with Gasteiger partial charge in [0.05, 0.1) is 6.61 Å². The number of ether oxygens (including phenoxy) is 1. The third-order valence-corrected chi connectivity index (χ3v) is 3.56. The summed E-state index contributed by atoms with van der Waals surface area (Å²) in [5, 5.41) is 47.6. The monoisotopic (exact) mass is 296 g/mol. The van der Waals surface area contributed by atoms with Crippen LogP contribution in [-0.4, -0.2) is 56.0 Å². The normalized spacial score (nSPS) is 32.7. The molecule has 0 amide bonds. The van der Waals surface area contributed by atoms with Crippen LogP contribution in [0.25, 0.3) is 0 Å². The molecule has 1 aromatic heterocycles. The standard InChI is InChI=1S/C13H16N2O6/c1-6-2-3-7(4-14)12(20)15(6)13-11(19)10(18)9(17)8(5-16)21-13/h2-3,8-11,13,16-19H,5H2,1H3/t8-,9-,10+,11-,13-/m1/s1. The van der Waals surface area contributed by atoms with Gasteiger partial charge in [-0.1, -0.05) is 0 Å². The summed E-state index contributed by atoms with van der Waals surface area (Å²) < 4.78 is 6.35. The molecule has 114 valence electrons. The lowest BCUT2D eigenvalue weighted by Gasteiger charge is -2.41. The summed E-state index contributed by atoms with van der Waals surface area (Å²) in [5.41, 5.74) is -0.414. The number of pyridine rings is 1. The van der Waals surface area contributed by atoms with E-state index >= 15 is 0 Å². The predicted molar refractivity (Wildman–Crippen MR) is 69.2 cm³/mol. The molecule has 0 saturated carbocycles. The Hall–Kier alpha value is -1.76. The lowest BCUT2D eigenvalue weighted by molar-refractivity contribution is -0.252. The second-order valence-corrected chi connectivity index (χ2v) is 4.89. The fourth-order valence-electron chi connectivity index (χ4n) is 2.34. The van der Waals surface area contributed by atoms with Gasteiger partial charge < -0.3 is 25.2 Å². The third-order valence-electron chi connectivity index (χ3n) is 3.56. The Bertz CT molecular complexity index is 620. The van der Waals surface area contributed by atoms with Crippen molar-refractivity contribution in [2.75, 3.05) is 6.61 Å². The average Bonchev–Trinajstić information content (AvgIpc) is 2.47. The number of nitriles is 1. The van der Waals surface area contributed by atoms with Gasteiger partial charge in [0.15, 0.2) is 6.23 Å². The Balaban J connectivity index is 2.51. The summed E-state index contributed by atoms with van der Waals surface area (Å²) in [7, 11) is 0. The highest BCUT2D eigenvalue weighted by molar-refractivity contribution is 5.27. The van der Waals surface area contributed by atoms with Crippen molar-refractivity contribution in [1.82, 2.24) is 4.57 Å². The molecule has 1 saturated heterocycles. The molecule has 0 spiro atoms. The van der Waals surface area contributed by atoms with E-state index in [1.807, 2.05) is 0 Å². The van der Waals surface area contributed by atoms with Crippen molar-refractivity contribution in [3.63, 3.8) is 0 Å². The van der Waals surface area contributed by atoms with Gasteiger partial charge in [-0.25, -0.2) is 0 Å². The van der Waals surface area contributed by atoms with Gasteiger partial charge in [-0.3, -0.25) is 9.36 Å².